The largest absolute Gasteiger partial charge is 0.494 e. The Hall–Kier alpha value is -2.84. The third kappa shape index (κ3) is 6.83. The van der Waals surface area contributed by atoms with Crippen LogP contribution in [-0.2, 0) is 11.3 Å². The molecule has 0 radical (unpaired) electrons. The van der Waals surface area contributed by atoms with Gasteiger partial charge in [0.15, 0.2) is 5.96 Å². The van der Waals surface area contributed by atoms with E-state index in [1.54, 1.807) is 13.2 Å². The van der Waals surface area contributed by atoms with E-state index in [9.17, 15) is 5.11 Å². The van der Waals surface area contributed by atoms with Gasteiger partial charge in [-0.15, -0.1) is 0 Å². The Morgan fingerprint density at radius 2 is 2.03 bits per heavy atom. The summed E-state index contributed by atoms with van der Waals surface area (Å²) < 4.78 is 17.2. The van der Waals surface area contributed by atoms with Crippen molar-refractivity contribution in [3.8, 4) is 17.4 Å². The molecule has 1 aliphatic rings. The van der Waals surface area contributed by atoms with Crippen molar-refractivity contribution in [3.63, 3.8) is 0 Å². The van der Waals surface area contributed by atoms with E-state index < -0.39 is 0 Å². The highest BCUT2D eigenvalue weighted by atomic mass is 16.5. The van der Waals surface area contributed by atoms with Crippen molar-refractivity contribution < 1.29 is 19.3 Å². The third-order valence-corrected chi connectivity index (χ3v) is 5.49. The maximum absolute atomic E-state index is 9.41. The second kappa shape index (κ2) is 12.3. The molecule has 0 saturated carbocycles. The molecule has 1 fully saturated rings. The van der Waals surface area contributed by atoms with E-state index in [0.717, 1.165) is 30.8 Å². The number of nitrogens with zero attached hydrogens (tertiary/aromatic N) is 2. The molecular weight excluding hydrogens is 408 g/mol. The summed E-state index contributed by atoms with van der Waals surface area (Å²) in [5.41, 5.74) is 0.859. The smallest absolute Gasteiger partial charge is 0.224 e. The molecule has 174 valence electrons. The summed E-state index contributed by atoms with van der Waals surface area (Å²) >= 11 is 0. The number of aliphatic imine (C=N–C) groups is 1. The lowest BCUT2D eigenvalue weighted by Gasteiger charge is -2.27. The quantitative estimate of drug-likeness (QED) is 0.363. The van der Waals surface area contributed by atoms with Gasteiger partial charge < -0.3 is 30.0 Å². The summed E-state index contributed by atoms with van der Waals surface area (Å²) in [6, 6.07) is 11.4. The first-order chi connectivity index (χ1) is 15.7. The van der Waals surface area contributed by atoms with Crippen LogP contribution in [0.1, 0.15) is 31.7 Å². The third-order valence-electron chi connectivity index (χ3n) is 5.49. The van der Waals surface area contributed by atoms with Crippen molar-refractivity contribution in [2.75, 3.05) is 40.0 Å². The SMILES string of the molecule is CCCOc1ccc(Oc2ncccc2CNC(=NC)NCC2(CCO)CCOC2)cc1. The maximum atomic E-state index is 9.41. The van der Waals surface area contributed by atoms with Crippen LogP contribution in [0.5, 0.6) is 17.4 Å². The van der Waals surface area contributed by atoms with Crippen LogP contribution < -0.4 is 20.1 Å². The van der Waals surface area contributed by atoms with E-state index in [-0.39, 0.29) is 12.0 Å². The molecule has 8 heteroatoms. The number of hydrogen-bond acceptors (Lipinski definition) is 6. The van der Waals surface area contributed by atoms with Gasteiger partial charge in [-0.25, -0.2) is 4.98 Å². The first kappa shape index (κ1) is 23.8. The molecule has 0 amide bonds. The number of aliphatic hydroxyl groups is 1. The van der Waals surface area contributed by atoms with Crippen LogP contribution >= 0.6 is 0 Å². The molecule has 2 heterocycles. The van der Waals surface area contributed by atoms with Crippen LogP contribution in [0.4, 0.5) is 0 Å². The highest BCUT2D eigenvalue weighted by molar-refractivity contribution is 5.79. The number of guanidine groups is 1. The fraction of sp³-hybridized carbons (Fsp3) is 0.500. The number of pyridine rings is 1. The summed E-state index contributed by atoms with van der Waals surface area (Å²) in [5.74, 6) is 2.74. The number of ether oxygens (including phenoxy) is 3. The Morgan fingerprint density at radius 3 is 2.72 bits per heavy atom. The number of hydrogen-bond donors (Lipinski definition) is 3. The average Bonchev–Trinajstić information content (AvgIpc) is 3.28. The minimum Gasteiger partial charge on any atom is -0.494 e. The molecule has 3 rings (SSSR count). The van der Waals surface area contributed by atoms with Crippen molar-refractivity contribution in [1.29, 1.82) is 0 Å². The second-order valence-electron chi connectivity index (χ2n) is 7.95. The van der Waals surface area contributed by atoms with Gasteiger partial charge in [-0.05, 0) is 49.6 Å². The first-order valence-corrected chi connectivity index (χ1v) is 11.2. The van der Waals surface area contributed by atoms with E-state index >= 15 is 0 Å². The van der Waals surface area contributed by atoms with Crippen molar-refractivity contribution in [2.24, 2.45) is 10.4 Å². The molecule has 8 nitrogen and oxygen atoms in total. The zero-order valence-corrected chi connectivity index (χ0v) is 19.0. The Kier molecular flexibility index (Phi) is 9.13. The zero-order valence-electron chi connectivity index (χ0n) is 19.0. The molecule has 1 aliphatic heterocycles. The number of aromatic nitrogens is 1. The van der Waals surface area contributed by atoms with Crippen molar-refractivity contribution >= 4 is 5.96 Å². The fourth-order valence-electron chi connectivity index (χ4n) is 3.57. The molecule has 1 aromatic heterocycles. The minimum absolute atomic E-state index is 0.0536. The molecule has 3 N–H and O–H groups in total. The molecule has 1 atom stereocenters. The van der Waals surface area contributed by atoms with Gasteiger partial charge in [-0.1, -0.05) is 13.0 Å². The molecule has 1 saturated heterocycles. The first-order valence-electron chi connectivity index (χ1n) is 11.2. The van der Waals surface area contributed by atoms with Gasteiger partial charge in [0.1, 0.15) is 11.5 Å². The molecule has 0 bridgehead atoms. The van der Waals surface area contributed by atoms with Gasteiger partial charge in [0.2, 0.25) is 5.88 Å². The van der Waals surface area contributed by atoms with Crippen LogP contribution in [-0.4, -0.2) is 56.1 Å². The van der Waals surface area contributed by atoms with Gasteiger partial charge in [0.25, 0.3) is 0 Å². The van der Waals surface area contributed by atoms with Crippen LogP contribution in [0.25, 0.3) is 0 Å². The topological polar surface area (TPSA) is 97.2 Å². The predicted octanol–water partition coefficient (Wildman–Crippen LogP) is 3.12. The summed E-state index contributed by atoms with van der Waals surface area (Å²) in [7, 11) is 1.74. The summed E-state index contributed by atoms with van der Waals surface area (Å²) in [4.78, 5) is 8.72. The molecule has 0 aliphatic carbocycles. The van der Waals surface area contributed by atoms with Gasteiger partial charge in [-0.3, -0.25) is 4.99 Å². The van der Waals surface area contributed by atoms with Gasteiger partial charge >= 0.3 is 0 Å². The van der Waals surface area contributed by atoms with E-state index in [2.05, 4.69) is 27.5 Å². The molecule has 1 unspecified atom stereocenters. The molecule has 32 heavy (non-hydrogen) atoms. The summed E-state index contributed by atoms with van der Waals surface area (Å²) in [5, 5.41) is 16.1. The highest BCUT2D eigenvalue weighted by Crippen LogP contribution is 2.31. The zero-order chi connectivity index (χ0) is 22.7. The van der Waals surface area contributed by atoms with Gasteiger partial charge in [-0.2, -0.15) is 0 Å². The molecular formula is C24H34N4O4. The normalized spacial score (nSPS) is 18.4. The number of aliphatic hydroxyl groups excluding tert-OH is 1. The Bertz CT molecular complexity index is 851. The standard InChI is InChI=1S/C24H34N4O4/c1-3-14-31-20-6-8-21(9-7-20)32-22-19(5-4-12-26-22)16-27-23(25-2)28-17-24(10-13-29)11-15-30-18-24/h4-9,12,29H,3,10-11,13-18H2,1-2H3,(H2,25,27,28). The van der Waals surface area contributed by atoms with Gasteiger partial charge in [0, 0.05) is 50.5 Å². The molecule has 0 spiro atoms. The highest BCUT2D eigenvalue weighted by Gasteiger charge is 2.34. The van der Waals surface area contributed by atoms with Crippen molar-refractivity contribution in [1.82, 2.24) is 15.6 Å². The predicted molar refractivity (Wildman–Crippen MR) is 124 cm³/mol. The fourth-order valence-corrected chi connectivity index (χ4v) is 3.57. The lowest BCUT2D eigenvalue weighted by atomic mass is 9.84. The Morgan fingerprint density at radius 1 is 1.22 bits per heavy atom. The molecule has 2 aromatic rings. The van der Waals surface area contributed by atoms with E-state index in [1.165, 1.54) is 0 Å². The monoisotopic (exact) mass is 442 g/mol. The number of rotatable bonds is 11. The second-order valence-corrected chi connectivity index (χ2v) is 7.95. The Balaban J connectivity index is 1.57. The van der Waals surface area contributed by atoms with Crippen LogP contribution in [0.15, 0.2) is 47.6 Å². The van der Waals surface area contributed by atoms with Crippen molar-refractivity contribution in [3.05, 3.63) is 48.2 Å². The summed E-state index contributed by atoms with van der Waals surface area (Å²) in [6.45, 7) is 5.50. The van der Waals surface area contributed by atoms with E-state index in [0.29, 0.717) is 50.3 Å². The number of benzene rings is 1. The van der Waals surface area contributed by atoms with E-state index in [1.807, 2.05) is 36.4 Å². The number of nitrogens with one attached hydrogen (secondary N) is 2. The van der Waals surface area contributed by atoms with Gasteiger partial charge in [0.05, 0.1) is 13.2 Å². The van der Waals surface area contributed by atoms with Crippen LogP contribution in [0.3, 0.4) is 0 Å². The molecule has 1 aromatic carbocycles. The van der Waals surface area contributed by atoms with Crippen LogP contribution in [0, 0.1) is 5.41 Å². The maximum Gasteiger partial charge on any atom is 0.224 e. The van der Waals surface area contributed by atoms with Crippen molar-refractivity contribution in [2.45, 2.75) is 32.7 Å². The Labute approximate surface area is 190 Å². The van der Waals surface area contributed by atoms with E-state index in [4.69, 9.17) is 14.2 Å². The lowest BCUT2D eigenvalue weighted by Crippen LogP contribution is -2.44. The average molecular weight is 443 g/mol. The summed E-state index contributed by atoms with van der Waals surface area (Å²) in [6.07, 6.45) is 4.32. The van der Waals surface area contributed by atoms with Crippen LogP contribution in [0.2, 0.25) is 0 Å². The minimum atomic E-state index is -0.0536. The lowest BCUT2D eigenvalue weighted by molar-refractivity contribution is 0.127.